The molecular formula is C14H14N4O2. The van der Waals surface area contributed by atoms with Gasteiger partial charge in [0, 0.05) is 30.2 Å². The van der Waals surface area contributed by atoms with Crippen LogP contribution < -0.4 is 10.1 Å². The van der Waals surface area contributed by atoms with Crippen molar-refractivity contribution in [1.82, 2.24) is 15.0 Å². The summed E-state index contributed by atoms with van der Waals surface area (Å²) in [5, 5.41) is 2.62. The predicted molar refractivity (Wildman–Crippen MR) is 72.4 cm³/mol. The number of nitrogens with one attached hydrogen (secondary N) is 1. The fourth-order valence-corrected chi connectivity index (χ4v) is 1.65. The Morgan fingerprint density at radius 1 is 1.25 bits per heavy atom. The molecule has 1 N–H and O–H groups in total. The van der Waals surface area contributed by atoms with Crippen molar-refractivity contribution in [3.05, 3.63) is 42.4 Å². The number of aromatic nitrogens is 3. The Morgan fingerprint density at radius 2 is 2.05 bits per heavy atom. The SMILES string of the molecule is O=C(Nc1ncccn1)c1ccnc(OCC2CC2)c1. The number of ether oxygens (including phenoxy) is 1. The number of anilines is 1. The van der Waals surface area contributed by atoms with Crippen LogP contribution in [-0.4, -0.2) is 27.5 Å². The van der Waals surface area contributed by atoms with Gasteiger partial charge in [-0.1, -0.05) is 0 Å². The summed E-state index contributed by atoms with van der Waals surface area (Å²) in [4.78, 5) is 24.0. The summed E-state index contributed by atoms with van der Waals surface area (Å²) in [6, 6.07) is 4.94. The van der Waals surface area contributed by atoms with Gasteiger partial charge in [-0.05, 0) is 30.9 Å². The summed E-state index contributed by atoms with van der Waals surface area (Å²) < 4.78 is 5.55. The second-order valence-corrected chi connectivity index (χ2v) is 4.66. The van der Waals surface area contributed by atoms with Gasteiger partial charge in [0.2, 0.25) is 11.8 Å². The maximum Gasteiger partial charge on any atom is 0.258 e. The van der Waals surface area contributed by atoms with Gasteiger partial charge in [-0.25, -0.2) is 15.0 Å². The summed E-state index contributed by atoms with van der Waals surface area (Å²) in [7, 11) is 0. The first-order valence-corrected chi connectivity index (χ1v) is 6.48. The molecule has 0 aromatic carbocycles. The average molecular weight is 270 g/mol. The molecule has 3 rings (SSSR count). The van der Waals surface area contributed by atoms with Gasteiger partial charge >= 0.3 is 0 Å². The van der Waals surface area contributed by atoms with E-state index in [2.05, 4.69) is 20.3 Å². The van der Waals surface area contributed by atoms with E-state index in [1.165, 1.54) is 12.8 Å². The van der Waals surface area contributed by atoms with Gasteiger partial charge in [0.25, 0.3) is 5.91 Å². The van der Waals surface area contributed by atoms with Crippen LogP contribution in [-0.2, 0) is 0 Å². The monoisotopic (exact) mass is 270 g/mol. The van der Waals surface area contributed by atoms with Crippen molar-refractivity contribution in [2.45, 2.75) is 12.8 Å². The third kappa shape index (κ3) is 3.28. The predicted octanol–water partition coefficient (Wildman–Crippen LogP) is 1.91. The van der Waals surface area contributed by atoms with Gasteiger partial charge in [0.15, 0.2) is 0 Å². The highest BCUT2D eigenvalue weighted by atomic mass is 16.5. The molecule has 1 amide bonds. The fraction of sp³-hybridized carbons (Fsp3) is 0.286. The number of rotatable bonds is 5. The highest BCUT2D eigenvalue weighted by Crippen LogP contribution is 2.29. The number of pyridine rings is 1. The first kappa shape index (κ1) is 12.5. The summed E-state index contributed by atoms with van der Waals surface area (Å²) in [6.07, 6.45) is 7.12. The van der Waals surface area contributed by atoms with Crippen molar-refractivity contribution >= 4 is 11.9 Å². The van der Waals surface area contributed by atoms with Crippen molar-refractivity contribution in [3.63, 3.8) is 0 Å². The maximum absolute atomic E-state index is 12.0. The molecule has 1 aliphatic rings. The van der Waals surface area contributed by atoms with Crippen LogP contribution in [0.15, 0.2) is 36.8 Å². The Labute approximate surface area is 116 Å². The third-order valence-electron chi connectivity index (χ3n) is 2.95. The normalized spacial score (nSPS) is 13.8. The van der Waals surface area contributed by atoms with Crippen molar-refractivity contribution in [1.29, 1.82) is 0 Å². The molecule has 6 heteroatoms. The lowest BCUT2D eigenvalue weighted by molar-refractivity contribution is 0.102. The van der Waals surface area contributed by atoms with Gasteiger partial charge in [-0.2, -0.15) is 0 Å². The van der Waals surface area contributed by atoms with E-state index in [0.717, 1.165) is 0 Å². The third-order valence-corrected chi connectivity index (χ3v) is 2.95. The molecule has 20 heavy (non-hydrogen) atoms. The van der Waals surface area contributed by atoms with Crippen LogP contribution >= 0.6 is 0 Å². The number of carbonyl (C=O) groups is 1. The maximum atomic E-state index is 12.0. The van der Waals surface area contributed by atoms with E-state index < -0.39 is 0 Å². The number of amides is 1. The highest BCUT2D eigenvalue weighted by molar-refractivity contribution is 6.03. The molecule has 1 aliphatic carbocycles. The first-order valence-electron chi connectivity index (χ1n) is 6.48. The summed E-state index contributed by atoms with van der Waals surface area (Å²) in [5.74, 6) is 1.11. The summed E-state index contributed by atoms with van der Waals surface area (Å²) >= 11 is 0. The molecule has 0 bridgehead atoms. The number of nitrogens with zero attached hydrogens (tertiary/aromatic N) is 3. The van der Waals surface area contributed by atoms with Crippen LogP contribution in [0, 0.1) is 5.92 Å². The van der Waals surface area contributed by atoms with Crippen LogP contribution in [0.5, 0.6) is 5.88 Å². The van der Waals surface area contributed by atoms with Crippen LogP contribution in [0.1, 0.15) is 23.2 Å². The first-order chi connectivity index (χ1) is 9.81. The van der Waals surface area contributed by atoms with Crippen LogP contribution in [0.2, 0.25) is 0 Å². The molecule has 1 saturated carbocycles. The van der Waals surface area contributed by atoms with E-state index in [0.29, 0.717) is 24.0 Å². The number of carbonyl (C=O) groups excluding carboxylic acids is 1. The topological polar surface area (TPSA) is 77.0 Å². The summed E-state index contributed by atoms with van der Waals surface area (Å²) in [6.45, 7) is 0.667. The van der Waals surface area contributed by atoms with Crippen molar-refractivity contribution in [2.75, 3.05) is 11.9 Å². The minimum Gasteiger partial charge on any atom is -0.477 e. The molecule has 2 aromatic rings. The minimum absolute atomic E-state index is 0.273. The van der Waals surface area contributed by atoms with Gasteiger partial charge in [-0.15, -0.1) is 0 Å². The lowest BCUT2D eigenvalue weighted by Crippen LogP contribution is -2.14. The summed E-state index contributed by atoms with van der Waals surface area (Å²) in [5.41, 5.74) is 0.471. The second-order valence-electron chi connectivity index (χ2n) is 4.66. The molecule has 0 atom stereocenters. The molecule has 0 radical (unpaired) electrons. The zero-order chi connectivity index (χ0) is 13.8. The molecule has 1 fully saturated rings. The molecule has 6 nitrogen and oxygen atoms in total. The van der Waals surface area contributed by atoms with Crippen molar-refractivity contribution in [3.8, 4) is 5.88 Å². The van der Waals surface area contributed by atoms with E-state index in [1.807, 2.05) is 0 Å². The molecule has 0 aliphatic heterocycles. The van der Waals surface area contributed by atoms with Gasteiger partial charge in [0.1, 0.15) is 0 Å². The van der Waals surface area contributed by atoms with Crippen LogP contribution in [0.25, 0.3) is 0 Å². The molecular weight excluding hydrogens is 256 g/mol. The molecule has 2 heterocycles. The highest BCUT2D eigenvalue weighted by Gasteiger charge is 2.22. The Balaban J connectivity index is 1.65. The van der Waals surface area contributed by atoms with E-state index in [4.69, 9.17) is 4.74 Å². The van der Waals surface area contributed by atoms with Crippen LogP contribution in [0.3, 0.4) is 0 Å². The quantitative estimate of drug-likeness (QED) is 0.898. The van der Waals surface area contributed by atoms with E-state index >= 15 is 0 Å². The molecule has 102 valence electrons. The van der Waals surface area contributed by atoms with Crippen molar-refractivity contribution in [2.24, 2.45) is 5.92 Å². The fourth-order valence-electron chi connectivity index (χ4n) is 1.65. The lowest BCUT2D eigenvalue weighted by Gasteiger charge is -2.06. The zero-order valence-electron chi connectivity index (χ0n) is 10.8. The molecule has 0 saturated heterocycles. The Kier molecular flexibility index (Phi) is 3.54. The molecule has 2 aromatic heterocycles. The minimum atomic E-state index is -0.283. The van der Waals surface area contributed by atoms with Gasteiger partial charge < -0.3 is 4.74 Å². The molecule has 0 unspecified atom stereocenters. The Bertz CT molecular complexity index is 599. The van der Waals surface area contributed by atoms with Crippen LogP contribution in [0.4, 0.5) is 5.95 Å². The number of hydrogen-bond donors (Lipinski definition) is 1. The van der Waals surface area contributed by atoms with Gasteiger partial charge in [-0.3, -0.25) is 10.1 Å². The van der Waals surface area contributed by atoms with Crippen molar-refractivity contribution < 1.29 is 9.53 Å². The second kappa shape index (κ2) is 5.64. The lowest BCUT2D eigenvalue weighted by atomic mass is 10.2. The Hall–Kier alpha value is -2.50. The Morgan fingerprint density at radius 3 is 2.80 bits per heavy atom. The number of hydrogen-bond acceptors (Lipinski definition) is 5. The molecule has 0 spiro atoms. The van der Waals surface area contributed by atoms with E-state index in [1.54, 1.807) is 36.8 Å². The van der Waals surface area contributed by atoms with Gasteiger partial charge in [0.05, 0.1) is 6.61 Å². The van der Waals surface area contributed by atoms with E-state index in [-0.39, 0.29) is 11.9 Å². The largest absolute Gasteiger partial charge is 0.477 e. The zero-order valence-corrected chi connectivity index (χ0v) is 10.8. The van der Waals surface area contributed by atoms with E-state index in [9.17, 15) is 4.79 Å². The standard InChI is InChI=1S/C14H14N4O2/c19-13(18-14-16-5-1-6-17-14)11-4-7-15-12(8-11)20-9-10-2-3-10/h1,4-8,10H,2-3,9H2,(H,16,17,18,19). The average Bonchev–Trinajstić information content (AvgIpc) is 3.31. The smallest absolute Gasteiger partial charge is 0.258 e.